The van der Waals surface area contributed by atoms with Crippen molar-refractivity contribution in [3.8, 4) is 5.75 Å². The maximum absolute atomic E-state index is 12.9. The summed E-state index contributed by atoms with van der Waals surface area (Å²) in [5, 5.41) is 5.77. The van der Waals surface area contributed by atoms with Crippen LogP contribution < -0.4 is 15.4 Å². The number of hydrogen-bond donors (Lipinski definition) is 2. The molecule has 0 saturated heterocycles. The molecule has 0 aliphatic rings. The lowest BCUT2D eigenvalue weighted by atomic mass is 10.2. The molecule has 3 rings (SSSR count). The third kappa shape index (κ3) is 4.32. The van der Waals surface area contributed by atoms with Crippen molar-refractivity contribution in [3.05, 3.63) is 77.9 Å². The highest BCUT2D eigenvalue weighted by Crippen LogP contribution is 2.23. The summed E-state index contributed by atoms with van der Waals surface area (Å²) < 4.78 is 18.1. The molecule has 2 aromatic carbocycles. The first kappa shape index (κ1) is 17.3. The maximum Gasteiger partial charge on any atom is 0.274 e. The number of rotatable bonds is 6. The number of carbonyl (C=O) groups is 1. The average Bonchev–Trinajstić information content (AvgIpc) is 2.68. The van der Waals surface area contributed by atoms with E-state index in [2.05, 4.69) is 20.6 Å². The van der Waals surface area contributed by atoms with Gasteiger partial charge in [0.05, 0.1) is 12.8 Å². The van der Waals surface area contributed by atoms with Crippen LogP contribution in [0.25, 0.3) is 0 Å². The van der Waals surface area contributed by atoms with Gasteiger partial charge in [-0.1, -0.05) is 24.3 Å². The molecule has 3 aromatic rings. The molecule has 7 heteroatoms. The summed E-state index contributed by atoms with van der Waals surface area (Å²) in [5.74, 6) is 0.202. The van der Waals surface area contributed by atoms with E-state index in [-0.39, 0.29) is 17.4 Å². The summed E-state index contributed by atoms with van der Waals surface area (Å²) >= 11 is 0. The minimum absolute atomic E-state index is 0.215. The topological polar surface area (TPSA) is 76.1 Å². The van der Waals surface area contributed by atoms with Gasteiger partial charge in [-0.25, -0.2) is 14.4 Å². The molecule has 0 bridgehead atoms. The van der Waals surface area contributed by atoms with Gasteiger partial charge in [-0.15, -0.1) is 0 Å². The number of nitrogens with one attached hydrogen (secondary N) is 2. The number of hydrogen-bond acceptors (Lipinski definition) is 5. The van der Waals surface area contributed by atoms with Gasteiger partial charge in [0.25, 0.3) is 5.91 Å². The van der Waals surface area contributed by atoms with Crippen LogP contribution >= 0.6 is 0 Å². The number of carbonyl (C=O) groups excluding carboxylic acids is 1. The number of methoxy groups -OCH3 is 1. The molecule has 0 fully saturated rings. The minimum Gasteiger partial charge on any atom is -0.495 e. The second-order valence-electron chi connectivity index (χ2n) is 5.40. The fraction of sp³-hybridized carbons (Fsp3) is 0.105. The first-order valence-electron chi connectivity index (χ1n) is 7.91. The summed E-state index contributed by atoms with van der Waals surface area (Å²) in [4.78, 5) is 20.7. The van der Waals surface area contributed by atoms with E-state index in [0.29, 0.717) is 23.9 Å². The SMILES string of the molecule is COc1ccccc1NC(=O)c1ccnc(NCc2ccc(F)cc2)n1. The van der Waals surface area contributed by atoms with E-state index in [1.165, 1.54) is 31.5 Å². The van der Waals surface area contributed by atoms with Crippen LogP contribution in [0.5, 0.6) is 5.75 Å². The first-order valence-corrected chi connectivity index (χ1v) is 7.91. The van der Waals surface area contributed by atoms with E-state index < -0.39 is 0 Å². The fourth-order valence-corrected chi connectivity index (χ4v) is 2.29. The van der Waals surface area contributed by atoms with Crippen LogP contribution in [-0.4, -0.2) is 23.0 Å². The van der Waals surface area contributed by atoms with Crippen molar-refractivity contribution in [2.75, 3.05) is 17.7 Å². The summed E-state index contributed by atoms with van der Waals surface area (Å²) in [7, 11) is 1.53. The van der Waals surface area contributed by atoms with Gasteiger partial charge in [0.2, 0.25) is 5.95 Å². The Bertz CT molecular complexity index is 900. The molecule has 0 spiro atoms. The third-order valence-electron chi connectivity index (χ3n) is 3.61. The van der Waals surface area contributed by atoms with Gasteiger partial charge < -0.3 is 15.4 Å². The predicted octanol–water partition coefficient (Wildman–Crippen LogP) is 3.49. The highest BCUT2D eigenvalue weighted by Gasteiger charge is 2.11. The van der Waals surface area contributed by atoms with E-state index in [4.69, 9.17) is 4.74 Å². The van der Waals surface area contributed by atoms with Crippen LogP contribution in [0, 0.1) is 5.82 Å². The molecule has 6 nitrogen and oxygen atoms in total. The second-order valence-corrected chi connectivity index (χ2v) is 5.40. The number of halogens is 1. The van der Waals surface area contributed by atoms with Crippen molar-refractivity contribution in [3.63, 3.8) is 0 Å². The third-order valence-corrected chi connectivity index (χ3v) is 3.61. The Morgan fingerprint density at radius 1 is 1.12 bits per heavy atom. The number of anilines is 2. The van der Waals surface area contributed by atoms with Crippen molar-refractivity contribution in [1.29, 1.82) is 0 Å². The minimum atomic E-state index is -0.373. The Kier molecular flexibility index (Phi) is 5.38. The standard InChI is InChI=1S/C19H17FN4O2/c1-26-17-5-3-2-4-15(17)23-18(25)16-10-11-21-19(24-16)22-12-13-6-8-14(20)9-7-13/h2-11H,12H2,1H3,(H,23,25)(H,21,22,24). The summed E-state index contributed by atoms with van der Waals surface area (Å²) in [6.07, 6.45) is 1.50. The smallest absolute Gasteiger partial charge is 0.274 e. The van der Waals surface area contributed by atoms with Crippen LogP contribution in [0.2, 0.25) is 0 Å². The zero-order valence-electron chi connectivity index (χ0n) is 14.1. The van der Waals surface area contributed by atoms with Crippen LogP contribution in [0.3, 0.4) is 0 Å². The second kappa shape index (κ2) is 8.06. The van der Waals surface area contributed by atoms with Gasteiger partial charge in [-0.2, -0.15) is 0 Å². The number of nitrogens with zero attached hydrogens (tertiary/aromatic N) is 2. The van der Waals surface area contributed by atoms with E-state index in [1.807, 2.05) is 6.07 Å². The van der Waals surface area contributed by atoms with Gasteiger partial charge in [0.15, 0.2) is 0 Å². The normalized spacial score (nSPS) is 10.2. The largest absolute Gasteiger partial charge is 0.495 e. The zero-order valence-corrected chi connectivity index (χ0v) is 14.1. The molecule has 1 heterocycles. The van der Waals surface area contributed by atoms with Gasteiger partial charge in [0.1, 0.15) is 17.3 Å². The van der Waals surface area contributed by atoms with Crippen LogP contribution in [-0.2, 0) is 6.54 Å². The number of aromatic nitrogens is 2. The molecule has 0 aliphatic carbocycles. The van der Waals surface area contributed by atoms with E-state index in [9.17, 15) is 9.18 Å². The molecular formula is C19H17FN4O2. The first-order chi connectivity index (χ1) is 12.7. The fourth-order valence-electron chi connectivity index (χ4n) is 2.29. The molecule has 0 radical (unpaired) electrons. The van der Waals surface area contributed by atoms with Crippen LogP contribution in [0.1, 0.15) is 16.1 Å². The van der Waals surface area contributed by atoms with Crippen molar-refractivity contribution >= 4 is 17.5 Å². The quantitative estimate of drug-likeness (QED) is 0.710. The average molecular weight is 352 g/mol. The molecule has 0 saturated carbocycles. The summed E-state index contributed by atoms with van der Waals surface area (Å²) in [5.41, 5.74) is 1.64. The van der Waals surface area contributed by atoms with Crippen molar-refractivity contribution in [2.24, 2.45) is 0 Å². The zero-order chi connectivity index (χ0) is 18.4. The lowest BCUT2D eigenvalue weighted by Gasteiger charge is -2.10. The predicted molar refractivity (Wildman–Crippen MR) is 96.7 cm³/mol. The summed E-state index contributed by atoms with van der Waals surface area (Å²) in [6, 6.07) is 14.7. The van der Waals surface area contributed by atoms with Crippen molar-refractivity contribution < 1.29 is 13.9 Å². The molecule has 1 amide bonds. The molecular weight excluding hydrogens is 335 g/mol. The Labute approximate surface area is 150 Å². The highest BCUT2D eigenvalue weighted by atomic mass is 19.1. The number of amides is 1. The van der Waals surface area contributed by atoms with E-state index in [1.54, 1.807) is 30.3 Å². The Morgan fingerprint density at radius 3 is 2.65 bits per heavy atom. The molecule has 0 atom stereocenters. The molecule has 132 valence electrons. The number of para-hydroxylation sites is 2. The van der Waals surface area contributed by atoms with Gasteiger partial charge in [-0.05, 0) is 35.9 Å². The van der Waals surface area contributed by atoms with Gasteiger partial charge in [0, 0.05) is 12.7 Å². The lowest BCUT2D eigenvalue weighted by molar-refractivity contribution is 0.102. The number of benzene rings is 2. The Hall–Kier alpha value is -3.48. The van der Waals surface area contributed by atoms with E-state index in [0.717, 1.165) is 5.56 Å². The van der Waals surface area contributed by atoms with Crippen LogP contribution in [0.15, 0.2) is 60.8 Å². The Balaban J connectivity index is 1.68. The van der Waals surface area contributed by atoms with Gasteiger partial charge >= 0.3 is 0 Å². The van der Waals surface area contributed by atoms with Crippen molar-refractivity contribution in [1.82, 2.24) is 9.97 Å². The lowest BCUT2D eigenvalue weighted by Crippen LogP contribution is -2.15. The van der Waals surface area contributed by atoms with Crippen molar-refractivity contribution in [2.45, 2.75) is 6.54 Å². The molecule has 0 aliphatic heterocycles. The van der Waals surface area contributed by atoms with Crippen LogP contribution in [0.4, 0.5) is 16.0 Å². The monoisotopic (exact) mass is 352 g/mol. The molecule has 1 aromatic heterocycles. The molecule has 26 heavy (non-hydrogen) atoms. The van der Waals surface area contributed by atoms with E-state index >= 15 is 0 Å². The summed E-state index contributed by atoms with van der Waals surface area (Å²) in [6.45, 7) is 0.415. The molecule has 2 N–H and O–H groups in total. The number of ether oxygens (including phenoxy) is 1. The Morgan fingerprint density at radius 2 is 1.88 bits per heavy atom. The van der Waals surface area contributed by atoms with Gasteiger partial charge in [-0.3, -0.25) is 4.79 Å². The molecule has 0 unspecified atom stereocenters. The highest BCUT2D eigenvalue weighted by molar-refractivity contribution is 6.03. The maximum atomic E-state index is 12.9.